The highest BCUT2D eigenvalue weighted by Crippen LogP contribution is 2.40. The van der Waals surface area contributed by atoms with Crippen LogP contribution in [0.25, 0.3) is 11.2 Å². The zero-order chi connectivity index (χ0) is 28.3. The van der Waals surface area contributed by atoms with Crippen molar-refractivity contribution in [2.75, 3.05) is 6.61 Å². The Morgan fingerprint density at radius 2 is 1.32 bits per heavy atom. The molecule has 1 atom stereocenters. The van der Waals surface area contributed by atoms with Crippen molar-refractivity contribution in [1.82, 2.24) is 18.7 Å². The first kappa shape index (κ1) is 26.8. The molecule has 0 saturated carbocycles. The molecule has 0 amide bonds. The first-order valence-electron chi connectivity index (χ1n) is 12.9. The van der Waals surface area contributed by atoms with Gasteiger partial charge >= 0.3 is 11.7 Å². The minimum Gasteiger partial charge on any atom is -0.458 e. The van der Waals surface area contributed by atoms with Crippen LogP contribution in [0.15, 0.2) is 107 Å². The second-order valence-corrected chi connectivity index (χ2v) is 9.60. The van der Waals surface area contributed by atoms with E-state index in [0.717, 1.165) is 21.3 Å². The quantitative estimate of drug-likeness (QED) is 0.211. The second kappa shape index (κ2) is 11.2. The van der Waals surface area contributed by atoms with E-state index in [0.29, 0.717) is 0 Å². The van der Waals surface area contributed by atoms with Gasteiger partial charge in [-0.25, -0.2) is 9.78 Å². The molecule has 0 unspecified atom stereocenters. The van der Waals surface area contributed by atoms with Crippen molar-refractivity contribution in [3.8, 4) is 0 Å². The molecule has 0 aliphatic heterocycles. The largest absolute Gasteiger partial charge is 0.458 e. The van der Waals surface area contributed by atoms with E-state index < -0.39 is 28.9 Å². The molecule has 3 aromatic carbocycles. The number of nitrogens with zero attached hydrogens (tertiary/aromatic N) is 4. The molecule has 5 rings (SSSR count). The van der Waals surface area contributed by atoms with E-state index in [9.17, 15) is 14.4 Å². The Kier molecular flexibility index (Phi) is 7.48. The van der Waals surface area contributed by atoms with Crippen molar-refractivity contribution in [2.45, 2.75) is 25.2 Å². The van der Waals surface area contributed by atoms with Crippen LogP contribution in [0.4, 0.5) is 0 Å². The first-order chi connectivity index (χ1) is 19.3. The Morgan fingerprint density at radius 1 is 0.825 bits per heavy atom. The Hall–Kier alpha value is -4.76. The number of ether oxygens (including phenoxy) is 2. The SMILES string of the molecule is CC(=O)O[C@@H](COC(c1ccccc1)(c1ccccc1)c1ccccc1)Cn1cnc2c1c(=O)n(C)c(=O)n2C. The van der Waals surface area contributed by atoms with Crippen LogP contribution in [0, 0.1) is 0 Å². The summed E-state index contributed by atoms with van der Waals surface area (Å²) >= 11 is 0. The Balaban J connectivity index is 1.59. The molecule has 0 aliphatic carbocycles. The highest BCUT2D eigenvalue weighted by atomic mass is 16.6. The first-order valence-corrected chi connectivity index (χ1v) is 12.9. The molecule has 9 heteroatoms. The number of aryl methyl sites for hydroxylation is 1. The van der Waals surface area contributed by atoms with Crippen LogP contribution in [0.3, 0.4) is 0 Å². The van der Waals surface area contributed by atoms with Crippen LogP contribution in [-0.2, 0) is 40.5 Å². The number of aromatic nitrogens is 4. The fourth-order valence-electron chi connectivity index (χ4n) is 5.10. The Labute approximate surface area is 230 Å². The second-order valence-electron chi connectivity index (χ2n) is 9.60. The summed E-state index contributed by atoms with van der Waals surface area (Å²) in [6.45, 7) is 1.43. The van der Waals surface area contributed by atoms with Crippen molar-refractivity contribution in [3.63, 3.8) is 0 Å². The molecular formula is C31H30N4O5. The number of carbonyl (C=O) groups excluding carboxylic acids is 1. The van der Waals surface area contributed by atoms with Gasteiger partial charge in [-0.2, -0.15) is 0 Å². The summed E-state index contributed by atoms with van der Waals surface area (Å²) in [7, 11) is 2.98. The van der Waals surface area contributed by atoms with Gasteiger partial charge < -0.3 is 14.0 Å². The van der Waals surface area contributed by atoms with Crippen molar-refractivity contribution < 1.29 is 14.3 Å². The third-order valence-corrected chi connectivity index (χ3v) is 6.98. The third-order valence-electron chi connectivity index (χ3n) is 6.98. The number of benzene rings is 3. The lowest BCUT2D eigenvalue weighted by Gasteiger charge is -2.37. The van der Waals surface area contributed by atoms with E-state index in [1.54, 1.807) is 11.6 Å². The molecule has 2 aromatic heterocycles. The molecule has 0 aliphatic rings. The van der Waals surface area contributed by atoms with E-state index in [1.165, 1.54) is 24.9 Å². The summed E-state index contributed by atoms with van der Waals surface area (Å²) in [5, 5.41) is 0. The van der Waals surface area contributed by atoms with E-state index >= 15 is 0 Å². The number of rotatable bonds is 9. The van der Waals surface area contributed by atoms with E-state index in [-0.39, 0.29) is 24.3 Å². The molecular weight excluding hydrogens is 508 g/mol. The number of hydrogen-bond donors (Lipinski definition) is 0. The zero-order valence-electron chi connectivity index (χ0n) is 22.6. The summed E-state index contributed by atoms with van der Waals surface area (Å²) in [6, 6.07) is 29.6. The van der Waals surface area contributed by atoms with Crippen LogP contribution in [0.5, 0.6) is 0 Å². The maximum atomic E-state index is 13.0. The molecule has 9 nitrogen and oxygen atoms in total. The molecule has 0 saturated heterocycles. The molecule has 40 heavy (non-hydrogen) atoms. The Morgan fingerprint density at radius 3 is 1.80 bits per heavy atom. The molecule has 2 heterocycles. The fourth-order valence-corrected chi connectivity index (χ4v) is 5.10. The minimum absolute atomic E-state index is 0.00398. The molecule has 5 aromatic rings. The van der Waals surface area contributed by atoms with Gasteiger partial charge in [0.15, 0.2) is 11.2 Å². The lowest BCUT2D eigenvalue weighted by Crippen LogP contribution is -2.39. The maximum Gasteiger partial charge on any atom is 0.332 e. The highest BCUT2D eigenvalue weighted by molar-refractivity contribution is 5.70. The Bertz CT molecular complexity index is 1640. The topological polar surface area (TPSA) is 97.3 Å². The van der Waals surface area contributed by atoms with Gasteiger partial charge in [-0.3, -0.25) is 18.7 Å². The van der Waals surface area contributed by atoms with Gasteiger partial charge in [0.05, 0.1) is 19.5 Å². The monoisotopic (exact) mass is 538 g/mol. The van der Waals surface area contributed by atoms with Gasteiger partial charge in [-0.05, 0) is 16.7 Å². The maximum absolute atomic E-state index is 13.0. The molecule has 204 valence electrons. The highest BCUT2D eigenvalue weighted by Gasteiger charge is 2.38. The van der Waals surface area contributed by atoms with Gasteiger partial charge in [0.25, 0.3) is 5.56 Å². The van der Waals surface area contributed by atoms with E-state index in [4.69, 9.17) is 9.47 Å². The smallest absolute Gasteiger partial charge is 0.332 e. The standard InChI is InChI=1S/C31H30N4O5/c1-22(36)40-26(19-35-21-32-28-27(35)29(37)34(3)30(38)33(28)2)20-39-31(23-13-7-4-8-14-23,24-15-9-5-10-16-24)25-17-11-6-12-18-25/h4-18,21,26H,19-20H2,1-3H3/t26-/m1/s1. The van der Waals surface area contributed by atoms with Crippen LogP contribution in [0.2, 0.25) is 0 Å². The van der Waals surface area contributed by atoms with Crippen molar-refractivity contribution in [1.29, 1.82) is 0 Å². The van der Waals surface area contributed by atoms with Crippen molar-refractivity contribution >= 4 is 17.1 Å². The fraction of sp³-hybridized carbons (Fsp3) is 0.226. The van der Waals surface area contributed by atoms with Gasteiger partial charge in [0, 0.05) is 21.0 Å². The number of esters is 1. The molecule has 0 radical (unpaired) electrons. The van der Waals surface area contributed by atoms with Crippen LogP contribution in [-0.4, -0.2) is 37.4 Å². The van der Waals surface area contributed by atoms with E-state index in [2.05, 4.69) is 4.98 Å². The van der Waals surface area contributed by atoms with Crippen molar-refractivity contribution in [3.05, 3.63) is 135 Å². The lowest BCUT2D eigenvalue weighted by molar-refractivity contribution is -0.153. The van der Waals surface area contributed by atoms with Crippen molar-refractivity contribution in [2.24, 2.45) is 14.1 Å². The molecule has 0 bridgehead atoms. The molecule has 0 spiro atoms. The summed E-state index contributed by atoms with van der Waals surface area (Å²) in [4.78, 5) is 41.9. The van der Waals surface area contributed by atoms with Gasteiger partial charge in [-0.15, -0.1) is 0 Å². The van der Waals surface area contributed by atoms with Crippen LogP contribution in [0.1, 0.15) is 23.6 Å². The molecule has 0 N–H and O–H groups in total. The number of hydrogen-bond acceptors (Lipinski definition) is 6. The number of imidazole rings is 1. The minimum atomic E-state index is -1.01. The van der Waals surface area contributed by atoms with Gasteiger partial charge in [0.2, 0.25) is 0 Å². The third kappa shape index (κ3) is 4.87. The number of carbonyl (C=O) groups is 1. The predicted molar refractivity (Wildman–Crippen MR) is 151 cm³/mol. The molecule has 0 fully saturated rings. The van der Waals surface area contributed by atoms with Crippen LogP contribution >= 0.6 is 0 Å². The average molecular weight is 539 g/mol. The summed E-state index contributed by atoms with van der Waals surface area (Å²) in [5.41, 5.74) is 1.25. The van der Waals surface area contributed by atoms with Crippen LogP contribution < -0.4 is 11.2 Å². The zero-order valence-corrected chi connectivity index (χ0v) is 22.6. The predicted octanol–water partition coefficient (Wildman–Crippen LogP) is 3.37. The summed E-state index contributed by atoms with van der Waals surface area (Å²) < 4.78 is 16.5. The normalized spacial score (nSPS) is 12.4. The van der Waals surface area contributed by atoms with Gasteiger partial charge in [0.1, 0.15) is 11.7 Å². The summed E-state index contributed by atoms with van der Waals surface area (Å²) in [5.74, 6) is -0.483. The lowest BCUT2D eigenvalue weighted by atomic mass is 9.80. The average Bonchev–Trinajstić information content (AvgIpc) is 3.40. The van der Waals surface area contributed by atoms with Gasteiger partial charge in [-0.1, -0.05) is 91.0 Å². The number of fused-ring (bicyclic) bond motifs is 1. The van der Waals surface area contributed by atoms with E-state index in [1.807, 2.05) is 91.0 Å². The summed E-state index contributed by atoms with van der Waals surface area (Å²) in [6.07, 6.45) is 0.702.